The van der Waals surface area contributed by atoms with E-state index in [0.29, 0.717) is 21.3 Å². The van der Waals surface area contributed by atoms with Gasteiger partial charge in [0.2, 0.25) is 11.8 Å². The summed E-state index contributed by atoms with van der Waals surface area (Å²) in [6.07, 6.45) is 5.00. The van der Waals surface area contributed by atoms with Crippen molar-refractivity contribution in [1.82, 2.24) is 10.2 Å². The Bertz CT molecular complexity index is 1440. The molecule has 1 aliphatic carbocycles. The number of halogens is 2. The molecule has 0 unspecified atom stereocenters. The van der Waals surface area contributed by atoms with E-state index in [1.165, 1.54) is 17.0 Å². The van der Waals surface area contributed by atoms with Crippen LogP contribution >= 0.6 is 23.2 Å². The van der Waals surface area contributed by atoms with Gasteiger partial charge in [-0.2, -0.15) is 0 Å². The van der Waals surface area contributed by atoms with E-state index in [4.69, 9.17) is 23.2 Å². The molecule has 0 radical (unpaired) electrons. The minimum atomic E-state index is -4.12. The number of amides is 2. The average Bonchev–Trinajstić information content (AvgIpc) is 2.97. The lowest BCUT2D eigenvalue weighted by molar-refractivity contribution is -0.139. The second kappa shape index (κ2) is 13.7. The van der Waals surface area contributed by atoms with Gasteiger partial charge in [-0.3, -0.25) is 13.9 Å². The molecule has 218 valence electrons. The van der Waals surface area contributed by atoms with Crippen molar-refractivity contribution in [2.75, 3.05) is 10.8 Å². The van der Waals surface area contributed by atoms with Crippen LogP contribution in [0.4, 0.5) is 5.69 Å². The SMILES string of the molecule is Cc1ccc(N(CC(=O)N(Cc2c(Cl)cccc2Cl)[C@@H](C)C(=O)NC2CCCCC2)S(=O)(=O)c2ccccc2)cc1. The molecule has 1 N–H and O–H groups in total. The molecule has 0 aromatic heterocycles. The van der Waals surface area contributed by atoms with E-state index >= 15 is 0 Å². The number of aryl methyl sites for hydroxylation is 1. The highest BCUT2D eigenvalue weighted by Crippen LogP contribution is 2.28. The smallest absolute Gasteiger partial charge is 0.264 e. The van der Waals surface area contributed by atoms with E-state index in [2.05, 4.69) is 5.32 Å². The van der Waals surface area contributed by atoms with Gasteiger partial charge in [0.05, 0.1) is 10.6 Å². The van der Waals surface area contributed by atoms with Gasteiger partial charge in [-0.05, 0) is 63.1 Å². The zero-order valence-electron chi connectivity index (χ0n) is 23.2. The number of nitrogens with zero attached hydrogens (tertiary/aromatic N) is 2. The molecular formula is C31H35Cl2N3O4S. The molecule has 4 rings (SSSR count). The van der Waals surface area contributed by atoms with Gasteiger partial charge in [0.1, 0.15) is 12.6 Å². The van der Waals surface area contributed by atoms with Crippen LogP contribution in [-0.4, -0.2) is 43.8 Å². The third kappa shape index (κ3) is 7.61. The van der Waals surface area contributed by atoms with Crippen molar-refractivity contribution in [1.29, 1.82) is 0 Å². The Morgan fingerprint density at radius 3 is 2.12 bits per heavy atom. The maximum Gasteiger partial charge on any atom is 0.264 e. The number of hydrogen-bond acceptors (Lipinski definition) is 4. The van der Waals surface area contributed by atoms with Gasteiger partial charge in [0.25, 0.3) is 10.0 Å². The van der Waals surface area contributed by atoms with Crippen molar-refractivity contribution in [2.45, 2.75) is 69.5 Å². The van der Waals surface area contributed by atoms with Crippen LogP contribution in [0.3, 0.4) is 0 Å². The average molecular weight is 617 g/mol. The number of rotatable bonds is 10. The summed E-state index contributed by atoms with van der Waals surface area (Å²) in [5.41, 5.74) is 1.76. The summed E-state index contributed by atoms with van der Waals surface area (Å²) in [6, 6.07) is 19.0. The van der Waals surface area contributed by atoms with Gasteiger partial charge < -0.3 is 10.2 Å². The Balaban J connectivity index is 1.69. The van der Waals surface area contributed by atoms with Crippen LogP contribution in [0.2, 0.25) is 10.0 Å². The van der Waals surface area contributed by atoms with Crippen molar-refractivity contribution in [3.63, 3.8) is 0 Å². The maximum absolute atomic E-state index is 14.1. The molecule has 3 aromatic rings. The van der Waals surface area contributed by atoms with Crippen molar-refractivity contribution in [3.05, 3.63) is 94.0 Å². The van der Waals surface area contributed by atoms with Crippen molar-refractivity contribution in [3.8, 4) is 0 Å². The van der Waals surface area contributed by atoms with Crippen LogP contribution < -0.4 is 9.62 Å². The molecule has 7 nitrogen and oxygen atoms in total. The second-order valence-electron chi connectivity index (χ2n) is 10.4. The molecule has 2 amide bonds. The number of anilines is 1. The molecule has 0 aliphatic heterocycles. The zero-order valence-corrected chi connectivity index (χ0v) is 25.6. The standard InChI is InChI=1S/C31H35Cl2N3O4S/c1-22-16-18-25(19-17-22)36(41(39,40)26-12-7-4-8-13-26)21-30(37)35(20-27-28(32)14-9-15-29(27)33)23(2)31(38)34-24-10-5-3-6-11-24/h4,7-9,12-19,23-24H,3,5-6,10-11,20-21H2,1-2H3,(H,34,38)/t23-/m0/s1. The van der Waals surface area contributed by atoms with Gasteiger partial charge in [-0.1, -0.05) is 84.4 Å². The zero-order chi connectivity index (χ0) is 29.6. The predicted octanol–water partition coefficient (Wildman–Crippen LogP) is 6.36. The fourth-order valence-corrected chi connectivity index (χ4v) is 6.92. The van der Waals surface area contributed by atoms with E-state index in [0.717, 1.165) is 42.0 Å². The van der Waals surface area contributed by atoms with E-state index < -0.39 is 28.5 Å². The molecule has 10 heteroatoms. The summed E-state index contributed by atoms with van der Waals surface area (Å²) in [6.45, 7) is 2.95. The monoisotopic (exact) mass is 615 g/mol. The van der Waals surface area contributed by atoms with Gasteiger partial charge >= 0.3 is 0 Å². The van der Waals surface area contributed by atoms with Gasteiger partial charge in [0, 0.05) is 28.2 Å². The van der Waals surface area contributed by atoms with Crippen molar-refractivity contribution < 1.29 is 18.0 Å². The van der Waals surface area contributed by atoms with Crippen LogP contribution in [-0.2, 0) is 26.2 Å². The molecule has 0 spiro atoms. The summed E-state index contributed by atoms with van der Waals surface area (Å²) in [5.74, 6) is -0.867. The van der Waals surface area contributed by atoms with Gasteiger partial charge in [-0.15, -0.1) is 0 Å². The number of hydrogen-bond donors (Lipinski definition) is 1. The Labute approximate surface area is 252 Å². The number of carbonyl (C=O) groups is 2. The minimum absolute atomic E-state index is 0.0436. The highest BCUT2D eigenvalue weighted by Gasteiger charge is 2.33. The van der Waals surface area contributed by atoms with Crippen molar-refractivity contribution >= 4 is 50.7 Å². The Morgan fingerprint density at radius 2 is 1.51 bits per heavy atom. The van der Waals surface area contributed by atoms with Gasteiger partial charge in [-0.25, -0.2) is 8.42 Å². The van der Waals surface area contributed by atoms with E-state index in [-0.39, 0.29) is 23.4 Å². The lowest BCUT2D eigenvalue weighted by atomic mass is 9.95. The van der Waals surface area contributed by atoms with Gasteiger partial charge in [0.15, 0.2) is 0 Å². The normalized spacial score (nSPS) is 14.7. The van der Waals surface area contributed by atoms with Crippen LogP contribution in [0.5, 0.6) is 0 Å². The summed E-state index contributed by atoms with van der Waals surface area (Å²) < 4.78 is 28.8. The molecule has 3 aromatic carbocycles. The molecule has 0 heterocycles. The Hall–Kier alpha value is -3.07. The first-order valence-electron chi connectivity index (χ1n) is 13.7. The first kappa shape index (κ1) is 30.9. The number of carbonyl (C=O) groups excluding carboxylic acids is 2. The van der Waals surface area contributed by atoms with Crippen LogP contribution in [0, 0.1) is 6.92 Å². The number of sulfonamides is 1. The van der Waals surface area contributed by atoms with Crippen LogP contribution in [0.15, 0.2) is 77.7 Å². The molecule has 41 heavy (non-hydrogen) atoms. The first-order chi connectivity index (χ1) is 19.6. The summed E-state index contributed by atoms with van der Waals surface area (Å²) in [5, 5.41) is 3.78. The molecular weight excluding hydrogens is 581 g/mol. The molecule has 0 bridgehead atoms. The van der Waals surface area contributed by atoms with E-state index in [1.807, 2.05) is 6.92 Å². The molecule has 1 atom stereocenters. The largest absolute Gasteiger partial charge is 0.352 e. The first-order valence-corrected chi connectivity index (χ1v) is 15.9. The van der Waals surface area contributed by atoms with E-state index in [1.54, 1.807) is 67.6 Å². The quantitative estimate of drug-likeness (QED) is 0.287. The Morgan fingerprint density at radius 1 is 0.902 bits per heavy atom. The molecule has 1 aliphatic rings. The molecule has 1 saturated carbocycles. The highest BCUT2D eigenvalue weighted by molar-refractivity contribution is 7.92. The van der Waals surface area contributed by atoms with E-state index in [9.17, 15) is 18.0 Å². The van der Waals surface area contributed by atoms with Crippen LogP contribution in [0.1, 0.15) is 50.2 Å². The summed E-state index contributed by atoms with van der Waals surface area (Å²) in [4.78, 5) is 28.9. The third-order valence-electron chi connectivity index (χ3n) is 7.44. The predicted molar refractivity (Wildman–Crippen MR) is 164 cm³/mol. The highest BCUT2D eigenvalue weighted by atomic mass is 35.5. The van der Waals surface area contributed by atoms with Crippen LogP contribution in [0.25, 0.3) is 0 Å². The topological polar surface area (TPSA) is 86.8 Å². The minimum Gasteiger partial charge on any atom is -0.352 e. The Kier molecular flexibility index (Phi) is 10.3. The maximum atomic E-state index is 14.1. The second-order valence-corrected chi connectivity index (χ2v) is 13.1. The lowest BCUT2D eigenvalue weighted by Crippen LogP contribution is -2.53. The number of benzene rings is 3. The fourth-order valence-electron chi connectivity index (χ4n) is 4.96. The summed E-state index contributed by atoms with van der Waals surface area (Å²) >= 11 is 12.9. The lowest BCUT2D eigenvalue weighted by Gasteiger charge is -2.33. The third-order valence-corrected chi connectivity index (χ3v) is 9.94. The fraction of sp³-hybridized carbons (Fsp3) is 0.355. The molecule has 0 saturated heterocycles. The summed E-state index contributed by atoms with van der Waals surface area (Å²) in [7, 11) is -4.12. The molecule has 1 fully saturated rings. The number of nitrogens with one attached hydrogen (secondary N) is 1. The van der Waals surface area contributed by atoms with Crippen molar-refractivity contribution in [2.24, 2.45) is 0 Å².